The molecule has 96 valence electrons. The highest BCUT2D eigenvalue weighted by Crippen LogP contribution is 2.33. The zero-order chi connectivity index (χ0) is 12.4. The molecular formula is C15H20N2O. The molecule has 2 aliphatic rings. The van der Waals surface area contributed by atoms with Crippen LogP contribution in [0, 0.1) is 0 Å². The maximum Gasteiger partial charge on any atom is 0.0889 e. The van der Waals surface area contributed by atoms with Gasteiger partial charge in [-0.1, -0.05) is 36.2 Å². The Morgan fingerprint density at radius 2 is 1.89 bits per heavy atom. The van der Waals surface area contributed by atoms with Gasteiger partial charge in [-0.05, 0) is 31.7 Å². The van der Waals surface area contributed by atoms with Gasteiger partial charge in [-0.25, -0.2) is 0 Å². The summed E-state index contributed by atoms with van der Waals surface area (Å²) in [6.45, 7) is 1.08. The van der Waals surface area contributed by atoms with Crippen molar-refractivity contribution in [2.45, 2.75) is 44.6 Å². The van der Waals surface area contributed by atoms with E-state index in [1.807, 2.05) is 6.07 Å². The highest BCUT2D eigenvalue weighted by Gasteiger charge is 2.27. The van der Waals surface area contributed by atoms with Crippen LogP contribution in [0.3, 0.4) is 0 Å². The van der Waals surface area contributed by atoms with Crippen LogP contribution >= 0.6 is 0 Å². The lowest BCUT2D eigenvalue weighted by molar-refractivity contribution is 0.318. The zero-order valence-electron chi connectivity index (χ0n) is 10.7. The maximum absolute atomic E-state index is 9.18. The summed E-state index contributed by atoms with van der Waals surface area (Å²) in [5, 5.41) is 12.7. The summed E-state index contributed by atoms with van der Waals surface area (Å²) in [6, 6.07) is 9.05. The average Bonchev–Trinajstić information content (AvgIpc) is 2.87. The van der Waals surface area contributed by atoms with Crippen LogP contribution in [0.2, 0.25) is 0 Å². The van der Waals surface area contributed by atoms with Crippen LogP contribution in [0.4, 0.5) is 5.69 Å². The van der Waals surface area contributed by atoms with Crippen LogP contribution in [-0.4, -0.2) is 23.5 Å². The number of hydrogen-bond donors (Lipinski definition) is 1. The molecule has 0 spiro atoms. The van der Waals surface area contributed by atoms with Gasteiger partial charge < -0.3 is 10.1 Å². The monoisotopic (exact) mass is 244 g/mol. The van der Waals surface area contributed by atoms with Gasteiger partial charge in [-0.3, -0.25) is 0 Å². The Morgan fingerprint density at radius 3 is 2.67 bits per heavy atom. The molecule has 1 aliphatic heterocycles. The van der Waals surface area contributed by atoms with Gasteiger partial charge in [-0.2, -0.15) is 0 Å². The third kappa shape index (κ3) is 1.98. The van der Waals surface area contributed by atoms with E-state index < -0.39 is 0 Å². The third-order valence-corrected chi connectivity index (χ3v) is 4.22. The van der Waals surface area contributed by atoms with Gasteiger partial charge in [0.25, 0.3) is 0 Å². The number of anilines is 1. The first-order valence-corrected chi connectivity index (χ1v) is 6.97. The topological polar surface area (TPSA) is 35.8 Å². The fourth-order valence-corrected chi connectivity index (χ4v) is 3.34. The Bertz CT molecular complexity index is 450. The summed E-state index contributed by atoms with van der Waals surface area (Å²) in [7, 11) is 0. The first-order valence-electron chi connectivity index (χ1n) is 6.97. The highest BCUT2D eigenvalue weighted by atomic mass is 16.4. The number of fused-ring (bicyclic) bond motifs is 1. The lowest BCUT2D eigenvalue weighted by Crippen LogP contribution is -2.33. The summed E-state index contributed by atoms with van der Waals surface area (Å²) in [4.78, 5) is 2.54. The van der Waals surface area contributed by atoms with Crippen molar-refractivity contribution in [1.82, 2.24) is 0 Å². The van der Waals surface area contributed by atoms with E-state index >= 15 is 0 Å². The summed E-state index contributed by atoms with van der Waals surface area (Å²) >= 11 is 0. The van der Waals surface area contributed by atoms with Crippen molar-refractivity contribution in [3.8, 4) is 0 Å². The molecule has 1 fully saturated rings. The number of para-hydroxylation sites is 1. The molecule has 3 nitrogen and oxygen atoms in total. The number of nitrogens with zero attached hydrogens (tertiary/aromatic N) is 2. The van der Waals surface area contributed by atoms with Crippen molar-refractivity contribution >= 4 is 11.4 Å². The first kappa shape index (κ1) is 11.6. The van der Waals surface area contributed by atoms with E-state index in [9.17, 15) is 5.21 Å². The van der Waals surface area contributed by atoms with Gasteiger partial charge in [0, 0.05) is 23.8 Å². The number of benzene rings is 1. The van der Waals surface area contributed by atoms with Crippen molar-refractivity contribution < 1.29 is 5.21 Å². The number of rotatable bonds is 1. The summed E-state index contributed by atoms with van der Waals surface area (Å²) < 4.78 is 0. The lowest BCUT2D eigenvalue weighted by Gasteiger charge is -2.31. The van der Waals surface area contributed by atoms with E-state index in [4.69, 9.17) is 0 Å². The Labute approximate surface area is 108 Å². The van der Waals surface area contributed by atoms with E-state index in [2.05, 4.69) is 28.3 Å². The molecular weight excluding hydrogens is 224 g/mol. The van der Waals surface area contributed by atoms with Gasteiger partial charge in [0.1, 0.15) is 0 Å². The van der Waals surface area contributed by atoms with Crippen LogP contribution in [0.1, 0.15) is 44.1 Å². The predicted octanol–water partition coefficient (Wildman–Crippen LogP) is 3.41. The molecule has 1 aromatic carbocycles. The second-order valence-electron chi connectivity index (χ2n) is 5.30. The quantitative estimate of drug-likeness (QED) is 0.607. The molecule has 0 bridgehead atoms. The van der Waals surface area contributed by atoms with Crippen LogP contribution in [-0.2, 0) is 0 Å². The highest BCUT2D eigenvalue weighted by molar-refractivity contribution is 6.05. The normalized spacial score (nSPS) is 23.1. The fraction of sp³-hybridized carbons (Fsp3) is 0.533. The summed E-state index contributed by atoms with van der Waals surface area (Å²) in [5.41, 5.74) is 3.21. The largest absolute Gasteiger partial charge is 0.411 e. The van der Waals surface area contributed by atoms with E-state index in [1.54, 1.807) is 0 Å². The second-order valence-corrected chi connectivity index (χ2v) is 5.30. The van der Waals surface area contributed by atoms with Gasteiger partial charge >= 0.3 is 0 Å². The molecule has 3 heteroatoms. The molecule has 18 heavy (non-hydrogen) atoms. The van der Waals surface area contributed by atoms with Gasteiger partial charge in [-0.15, -0.1) is 0 Å². The zero-order valence-corrected chi connectivity index (χ0v) is 10.7. The SMILES string of the molecule is O/N=C1/CCCN(C2CCCC2)c2ccccc21. The minimum absolute atomic E-state index is 0.684. The van der Waals surface area contributed by atoms with Gasteiger partial charge in [0.2, 0.25) is 0 Å². The van der Waals surface area contributed by atoms with Crippen molar-refractivity contribution in [3.05, 3.63) is 29.8 Å². The molecule has 0 unspecified atom stereocenters. The van der Waals surface area contributed by atoms with Crippen molar-refractivity contribution in [2.24, 2.45) is 5.16 Å². The molecule has 1 aromatic rings. The van der Waals surface area contributed by atoms with Crippen LogP contribution in [0.25, 0.3) is 0 Å². The van der Waals surface area contributed by atoms with E-state index in [1.165, 1.54) is 31.4 Å². The standard InChI is InChI=1S/C15H20N2O/c18-16-14-9-5-11-17(12-6-1-2-7-12)15-10-4-3-8-13(14)15/h3-4,8,10,12,18H,1-2,5-7,9,11H2/b16-14-. The van der Waals surface area contributed by atoms with Crippen LogP contribution in [0.15, 0.2) is 29.4 Å². The first-order chi connectivity index (χ1) is 8.90. The molecule has 0 aromatic heterocycles. The summed E-state index contributed by atoms with van der Waals surface area (Å²) in [5.74, 6) is 0. The van der Waals surface area contributed by atoms with E-state index in [-0.39, 0.29) is 0 Å². The van der Waals surface area contributed by atoms with Crippen LogP contribution < -0.4 is 4.90 Å². The fourth-order valence-electron chi connectivity index (χ4n) is 3.34. The second kappa shape index (κ2) is 5.01. The van der Waals surface area contributed by atoms with Crippen molar-refractivity contribution in [1.29, 1.82) is 0 Å². The van der Waals surface area contributed by atoms with Crippen LogP contribution in [0.5, 0.6) is 0 Å². The molecule has 0 saturated heterocycles. The Kier molecular flexibility index (Phi) is 3.22. The average molecular weight is 244 g/mol. The molecule has 1 saturated carbocycles. The Hall–Kier alpha value is -1.51. The minimum atomic E-state index is 0.684. The lowest BCUT2D eigenvalue weighted by atomic mass is 10.0. The molecule has 0 atom stereocenters. The van der Waals surface area contributed by atoms with E-state index in [0.717, 1.165) is 30.7 Å². The smallest absolute Gasteiger partial charge is 0.0889 e. The minimum Gasteiger partial charge on any atom is -0.411 e. The molecule has 0 radical (unpaired) electrons. The molecule has 3 rings (SSSR count). The number of hydrogen-bond acceptors (Lipinski definition) is 3. The molecule has 1 heterocycles. The van der Waals surface area contributed by atoms with Crippen molar-refractivity contribution in [2.75, 3.05) is 11.4 Å². The maximum atomic E-state index is 9.18. The third-order valence-electron chi connectivity index (χ3n) is 4.22. The number of oxime groups is 1. The van der Waals surface area contributed by atoms with E-state index in [0.29, 0.717) is 6.04 Å². The van der Waals surface area contributed by atoms with Gasteiger partial charge in [0.15, 0.2) is 0 Å². The molecule has 0 amide bonds. The summed E-state index contributed by atoms with van der Waals surface area (Å²) in [6.07, 6.45) is 7.26. The Balaban J connectivity index is 2.01. The molecule has 1 aliphatic carbocycles. The predicted molar refractivity (Wildman–Crippen MR) is 73.6 cm³/mol. The van der Waals surface area contributed by atoms with Gasteiger partial charge in [0.05, 0.1) is 5.71 Å². The Morgan fingerprint density at radius 1 is 1.11 bits per heavy atom. The molecule has 1 N–H and O–H groups in total. The van der Waals surface area contributed by atoms with Crippen molar-refractivity contribution in [3.63, 3.8) is 0 Å².